The second-order valence-electron chi connectivity index (χ2n) is 6.59. The van der Waals surface area contributed by atoms with Gasteiger partial charge in [0.25, 0.3) is 5.91 Å². The minimum Gasteiger partial charge on any atom is -0.508 e. The Morgan fingerprint density at radius 1 is 1.11 bits per heavy atom. The van der Waals surface area contributed by atoms with Gasteiger partial charge in [-0.2, -0.15) is 0 Å². The number of hydrogen-bond donors (Lipinski definition) is 2. The fourth-order valence-electron chi connectivity index (χ4n) is 3.23. The summed E-state index contributed by atoms with van der Waals surface area (Å²) in [6.07, 6.45) is 3.54. The Morgan fingerprint density at radius 3 is 2.59 bits per heavy atom. The van der Waals surface area contributed by atoms with Crippen molar-refractivity contribution in [1.29, 1.82) is 0 Å². The molecule has 0 aliphatic heterocycles. The Kier molecular flexibility index (Phi) is 5.96. The highest BCUT2D eigenvalue weighted by Crippen LogP contribution is 2.25. The van der Waals surface area contributed by atoms with E-state index >= 15 is 0 Å². The fourth-order valence-corrected chi connectivity index (χ4v) is 3.23. The van der Waals surface area contributed by atoms with Crippen molar-refractivity contribution in [2.75, 3.05) is 13.7 Å². The molecule has 0 saturated heterocycles. The van der Waals surface area contributed by atoms with E-state index in [0.29, 0.717) is 5.75 Å². The van der Waals surface area contributed by atoms with Crippen molar-refractivity contribution in [3.8, 4) is 11.5 Å². The average Bonchev–Trinajstić information content (AvgIpc) is 3.14. The van der Waals surface area contributed by atoms with Gasteiger partial charge in [0, 0.05) is 6.42 Å². The summed E-state index contributed by atoms with van der Waals surface area (Å²) >= 11 is 0. The first-order valence-corrected chi connectivity index (χ1v) is 8.95. The summed E-state index contributed by atoms with van der Waals surface area (Å²) in [6, 6.07) is 11.5. The lowest BCUT2D eigenvalue weighted by molar-refractivity contribution is -0.145. The van der Waals surface area contributed by atoms with Crippen molar-refractivity contribution in [3.63, 3.8) is 0 Å². The van der Waals surface area contributed by atoms with Gasteiger partial charge >= 0.3 is 5.97 Å². The largest absolute Gasteiger partial charge is 0.508 e. The molecule has 2 aromatic carbocycles. The van der Waals surface area contributed by atoms with Crippen LogP contribution in [-0.4, -0.2) is 36.7 Å². The number of rotatable bonds is 7. The number of carbonyl (C=O) groups is 2. The van der Waals surface area contributed by atoms with Gasteiger partial charge in [-0.25, -0.2) is 4.79 Å². The van der Waals surface area contributed by atoms with Gasteiger partial charge in [-0.1, -0.05) is 18.2 Å². The predicted octanol–water partition coefficient (Wildman–Crippen LogP) is 2.16. The second-order valence-corrected chi connectivity index (χ2v) is 6.59. The van der Waals surface area contributed by atoms with Crippen LogP contribution < -0.4 is 10.1 Å². The van der Waals surface area contributed by atoms with E-state index in [1.54, 1.807) is 12.1 Å². The molecule has 0 heterocycles. The maximum atomic E-state index is 12.2. The number of nitrogens with one attached hydrogen (secondary N) is 1. The molecule has 1 atom stereocenters. The van der Waals surface area contributed by atoms with Gasteiger partial charge in [0.2, 0.25) is 0 Å². The van der Waals surface area contributed by atoms with Crippen molar-refractivity contribution in [2.24, 2.45) is 0 Å². The van der Waals surface area contributed by atoms with Gasteiger partial charge in [0.15, 0.2) is 6.61 Å². The lowest BCUT2D eigenvalue weighted by Crippen LogP contribution is -2.44. The summed E-state index contributed by atoms with van der Waals surface area (Å²) in [6.45, 7) is -0.179. The van der Waals surface area contributed by atoms with E-state index in [0.717, 1.165) is 24.8 Å². The molecule has 27 heavy (non-hydrogen) atoms. The molecule has 0 aromatic heterocycles. The van der Waals surface area contributed by atoms with Crippen LogP contribution >= 0.6 is 0 Å². The summed E-state index contributed by atoms with van der Waals surface area (Å²) in [7, 11) is 1.28. The summed E-state index contributed by atoms with van der Waals surface area (Å²) < 4.78 is 10.4. The molecule has 142 valence electrons. The molecule has 1 amide bonds. The van der Waals surface area contributed by atoms with Gasteiger partial charge in [-0.3, -0.25) is 4.79 Å². The number of hydrogen-bond acceptors (Lipinski definition) is 5. The lowest BCUT2D eigenvalue weighted by Gasteiger charge is -2.17. The standard InChI is InChI=1S/C21H23NO5/c1-26-21(25)19(11-14-5-8-17(23)9-6-14)22-20(24)13-27-18-10-7-15-3-2-4-16(15)12-18/h5-10,12,19,23H,2-4,11,13H2,1H3,(H,22,24)/t19-/m1/s1. The number of ether oxygens (including phenoxy) is 2. The highest BCUT2D eigenvalue weighted by Gasteiger charge is 2.22. The van der Waals surface area contributed by atoms with Crippen molar-refractivity contribution < 1.29 is 24.2 Å². The number of phenols is 1. The van der Waals surface area contributed by atoms with Crippen LogP contribution in [0.15, 0.2) is 42.5 Å². The summed E-state index contributed by atoms with van der Waals surface area (Å²) in [5, 5.41) is 12.0. The highest BCUT2D eigenvalue weighted by atomic mass is 16.5. The number of esters is 1. The van der Waals surface area contributed by atoms with Gasteiger partial charge in [-0.05, 0) is 60.2 Å². The van der Waals surface area contributed by atoms with Crippen molar-refractivity contribution in [1.82, 2.24) is 5.32 Å². The molecule has 0 bridgehead atoms. The van der Waals surface area contributed by atoms with Crippen LogP contribution in [0.4, 0.5) is 0 Å². The Bertz CT molecular complexity index is 816. The fraction of sp³-hybridized carbons (Fsp3) is 0.333. The molecule has 0 unspecified atom stereocenters. The average molecular weight is 369 g/mol. The zero-order valence-corrected chi connectivity index (χ0v) is 15.2. The minimum atomic E-state index is -0.823. The molecule has 6 nitrogen and oxygen atoms in total. The minimum absolute atomic E-state index is 0.139. The van der Waals surface area contributed by atoms with Crippen LogP contribution in [0.1, 0.15) is 23.1 Å². The topological polar surface area (TPSA) is 84.9 Å². The van der Waals surface area contributed by atoms with Crippen molar-refractivity contribution >= 4 is 11.9 Å². The Labute approximate surface area is 158 Å². The molecule has 2 N–H and O–H groups in total. The smallest absolute Gasteiger partial charge is 0.328 e. The molecule has 2 aromatic rings. The van der Waals surface area contributed by atoms with Gasteiger partial charge in [0.1, 0.15) is 17.5 Å². The summed E-state index contributed by atoms with van der Waals surface area (Å²) in [5.41, 5.74) is 3.40. The first-order valence-electron chi connectivity index (χ1n) is 8.95. The zero-order chi connectivity index (χ0) is 19.2. The molecule has 1 aliphatic carbocycles. The highest BCUT2D eigenvalue weighted by molar-refractivity contribution is 5.85. The zero-order valence-electron chi connectivity index (χ0n) is 15.2. The molecule has 6 heteroatoms. The maximum Gasteiger partial charge on any atom is 0.328 e. The van der Waals surface area contributed by atoms with Crippen LogP contribution in [-0.2, 0) is 33.6 Å². The number of aryl methyl sites for hydroxylation is 2. The van der Waals surface area contributed by atoms with Crippen molar-refractivity contribution in [2.45, 2.75) is 31.7 Å². The molecular weight excluding hydrogens is 346 g/mol. The predicted molar refractivity (Wildman–Crippen MR) is 99.7 cm³/mol. The van der Waals surface area contributed by atoms with Gasteiger partial charge in [0.05, 0.1) is 7.11 Å². The van der Waals surface area contributed by atoms with Crippen LogP contribution in [0, 0.1) is 0 Å². The lowest BCUT2D eigenvalue weighted by atomic mass is 10.1. The van der Waals surface area contributed by atoms with Crippen LogP contribution in [0.5, 0.6) is 11.5 Å². The van der Waals surface area contributed by atoms with E-state index in [2.05, 4.69) is 5.32 Å². The number of methoxy groups -OCH3 is 1. The number of benzene rings is 2. The van der Waals surface area contributed by atoms with Crippen LogP contribution in [0.2, 0.25) is 0 Å². The number of fused-ring (bicyclic) bond motifs is 1. The molecule has 0 fully saturated rings. The van der Waals surface area contributed by atoms with Gasteiger partial charge < -0.3 is 19.9 Å². The second kappa shape index (κ2) is 8.58. The van der Waals surface area contributed by atoms with Gasteiger partial charge in [-0.15, -0.1) is 0 Å². The van der Waals surface area contributed by atoms with Crippen LogP contribution in [0.25, 0.3) is 0 Å². The van der Waals surface area contributed by atoms with E-state index in [4.69, 9.17) is 9.47 Å². The van der Waals surface area contributed by atoms with E-state index in [9.17, 15) is 14.7 Å². The third-order valence-corrected chi connectivity index (χ3v) is 4.64. The third-order valence-electron chi connectivity index (χ3n) is 4.64. The third kappa shape index (κ3) is 5.00. The monoisotopic (exact) mass is 369 g/mol. The molecule has 1 aliphatic rings. The summed E-state index contributed by atoms with van der Waals surface area (Å²) in [5.74, 6) is -0.141. The first-order chi connectivity index (χ1) is 13.0. The number of amides is 1. The molecular formula is C21H23NO5. The van der Waals surface area contributed by atoms with Crippen LogP contribution in [0.3, 0.4) is 0 Å². The first kappa shape index (κ1) is 18.8. The maximum absolute atomic E-state index is 12.2. The summed E-state index contributed by atoms with van der Waals surface area (Å²) in [4.78, 5) is 24.2. The molecule has 0 spiro atoms. The molecule has 0 saturated carbocycles. The SMILES string of the molecule is COC(=O)[C@@H](Cc1ccc(O)cc1)NC(=O)COc1ccc2c(c1)CCC2. The quantitative estimate of drug-likeness (QED) is 0.731. The Balaban J connectivity index is 1.57. The van der Waals surface area contributed by atoms with E-state index in [-0.39, 0.29) is 18.8 Å². The number of carbonyl (C=O) groups excluding carboxylic acids is 2. The van der Waals surface area contributed by atoms with Crippen molar-refractivity contribution in [3.05, 3.63) is 59.2 Å². The van der Waals surface area contributed by atoms with E-state index in [1.807, 2.05) is 18.2 Å². The van der Waals surface area contributed by atoms with E-state index in [1.165, 1.54) is 30.4 Å². The van der Waals surface area contributed by atoms with E-state index < -0.39 is 17.9 Å². The molecule has 3 rings (SSSR count). The normalized spacial score (nSPS) is 13.5. The Morgan fingerprint density at radius 2 is 1.85 bits per heavy atom. The number of aromatic hydroxyl groups is 1. The number of phenolic OH excluding ortho intramolecular Hbond substituents is 1. The molecule has 0 radical (unpaired) electrons. The Hall–Kier alpha value is -3.02.